The first-order chi connectivity index (χ1) is 10.7. The van der Waals surface area contributed by atoms with Gasteiger partial charge >= 0.3 is 0 Å². The molecule has 4 rings (SSSR count). The summed E-state index contributed by atoms with van der Waals surface area (Å²) < 4.78 is 15.4. The van der Waals surface area contributed by atoms with Crippen LogP contribution < -0.4 is 10.1 Å². The summed E-state index contributed by atoms with van der Waals surface area (Å²) in [6, 6.07) is 10.1. The van der Waals surface area contributed by atoms with Crippen LogP contribution in [0.25, 0.3) is 21.7 Å². The summed E-state index contributed by atoms with van der Waals surface area (Å²) in [7, 11) is 0. The quantitative estimate of drug-likeness (QED) is 0.568. The third-order valence-corrected chi connectivity index (χ3v) is 4.94. The first-order valence-corrected chi connectivity index (χ1v) is 8.12. The maximum Gasteiger partial charge on any atom is 0.291 e. The summed E-state index contributed by atoms with van der Waals surface area (Å²) in [5.74, 6) is 0.177. The second-order valence-electron chi connectivity index (χ2n) is 4.54. The minimum absolute atomic E-state index is 0.279. The molecule has 4 nitrogen and oxygen atoms in total. The van der Waals surface area contributed by atoms with Gasteiger partial charge in [0.05, 0.1) is 9.41 Å². The summed E-state index contributed by atoms with van der Waals surface area (Å²) in [6.07, 6.45) is 1.53. The summed E-state index contributed by atoms with van der Waals surface area (Å²) in [5, 5.41) is 6.17. The average Bonchev–Trinajstić information content (AvgIpc) is 3.20. The number of thiophene rings is 1. The number of thiazole rings is 1. The Morgan fingerprint density at radius 3 is 2.77 bits per heavy atom. The topological polar surface area (TPSA) is 47.3 Å². The largest absolute Gasteiger partial charge is 0.291 e. The molecule has 0 bridgehead atoms. The smallest absolute Gasteiger partial charge is 0.266 e. The molecule has 0 atom stereocenters. The Bertz CT molecular complexity index is 1070. The molecule has 0 fully saturated rings. The normalized spacial score (nSPS) is 12.3. The van der Waals surface area contributed by atoms with E-state index < -0.39 is 0 Å². The molecule has 0 radical (unpaired) electrons. The van der Waals surface area contributed by atoms with Gasteiger partial charge in [0.15, 0.2) is 5.82 Å². The van der Waals surface area contributed by atoms with Gasteiger partial charge in [-0.2, -0.15) is 9.50 Å². The number of nitrogens with zero attached hydrogens (tertiary/aromatic N) is 3. The van der Waals surface area contributed by atoms with Crippen LogP contribution in [0.2, 0.25) is 0 Å². The molecular formula is C15H8FN3OS2. The Morgan fingerprint density at radius 2 is 2.05 bits per heavy atom. The molecule has 0 aliphatic heterocycles. The van der Waals surface area contributed by atoms with E-state index in [2.05, 4.69) is 10.1 Å². The molecule has 7 heteroatoms. The second kappa shape index (κ2) is 5.11. The van der Waals surface area contributed by atoms with Crippen molar-refractivity contribution in [2.45, 2.75) is 0 Å². The molecular weight excluding hydrogens is 321 g/mol. The lowest BCUT2D eigenvalue weighted by atomic mass is 10.2. The van der Waals surface area contributed by atoms with Crippen LogP contribution in [0.5, 0.6) is 0 Å². The monoisotopic (exact) mass is 329 g/mol. The summed E-state index contributed by atoms with van der Waals surface area (Å²) in [5.41, 5.74) is 0.0983. The lowest BCUT2D eigenvalue weighted by Gasteiger charge is -1.92. The molecule has 3 heterocycles. The number of halogens is 1. The second-order valence-corrected chi connectivity index (χ2v) is 6.50. The van der Waals surface area contributed by atoms with Crippen LogP contribution in [0.1, 0.15) is 5.56 Å². The minimum atomic E-state index is -0.361. The predicted molar refractivity (Wildman–Crippen MR) is 85.6 cm³/mol. The third kappa shape index (κ3) is 2.15. The Balaban J connectivity index is 1.88. The molecule has 108 valence electrons. The van der Waals surface area contributed by atoms with Crippen LogP contribution >= 0.6 is 22.7 Å². The molecule has 0 saturated heterocycles. The Labute approximate surface area is 131 Å². The van der Waals surface area contributed by atoms with E-state index >= 15 is 0 Å². The number of fused-ring (bicyclic) bond motifs is 1. The van der Waals surface area contributed by atoms with Crippen LogP contribution in [0.3, 0.4) is 0 Å². The standard InChI is InChI=1S/C15H8FN3OS2/c16-10-5-2-1-4-9(10)8-12-14(20)19-15(22-12)17-13(18-19)11-6-3-7-21-11/h1-8H/b12-8-. The summed E-state index contributed by atoms with van der Waals surface area (Å²) in [4.78, 5) is 18.1. The Kier molecular flexibility index (Phi) is 3.09. The van der Waals surface area contributed by atoms with Gasteiger partial charge < -0.3 is 0 Å². The number of rotatable bonds is 2. The molecule has 22 heavy (non-hydrogen) atoms. The lowest BCUT2D eigenvalue weighted by Crippen LogP contribution is -2.23. The summed E-state index contributed by atoms with van der Waals surface area (Å²) >= 11 is 2.72. The minimum Gasteiger partial charge on any atom is -0.266 e. The molecule has 0 N–H and O–H groups in total. The zero-order valence-corrected chi connectivity index (χ0v) is 12.7. The van der Waals surface area contributed by atoms with Gasteiger partial charge in [-0.05, 0) is 23.6 Å². The molecule has 0 spiro atoms. The van der Waals surface area contributed by atoms with Crippen LogP contribution in [-0.2, 0) is 0 Å². The summed E-state index contributed by atoms with van der Waals surface area (Å²) in [6.45, 7) is 0. The maximum absolute atomic E-state index is 13.7. The zero-order chi connectivity index (χ0) is 15.1. The van der Waals surface area contributed by atoms with E-state index in [-0.39, 0.29) is 11.4 Å². The highest BCUT2D eigenvalue weighted by Crippen LogP contribution is 2.21. The third-order valence-electron chi connectivity index (χ3n) is 3.12. The van der Waals surface area contributed by atoms with E-state index in [4.69, 9.17) is 0 Å². The fourth-order valence-electron chi connectivity index (χ4n) is 2.08. The van der Waals surface area contributed by atoms with Gasteiger partial charge in [-0.25, -0.2) is 4.39 Å². The lowest BCUT2D eigenvalue weighted by molar-refractivity contribution is 0.625. The Hall–Kier alpha value is -2.38. The van der Waals surface area contributed by atoms with Crippen molar-refractivity contribution >= 4 is 33.7 Å². The molecule has 0 aliphatic rings. The number of aromatic nitrogens is 3. The van der Waals surface area contributed by atoms with Gasteiger partial charge in [-0.1, -0.05) is 35.6 Å². The highest BCUT2D eigenvalue weighted by molar-refractivity contribution is 7.15. The first kappa shape index (κ1) is 13.3. The van der Waals surface area contributed by atoms with E-state index in [9.17, 15) is 9.18 Å². The molecule has 4 aromatic rings. The first-order valence-electron chi connectivity index (χ1n) is 6.42. The van der Waals surface area contributed by atoms with Crippen molar-refractivity contribution < 1.29 is 4.39 Å². The van der Waals surface area contributed by atoms with Gasteiger partial charge in [0.1, 0.15) is 5.82 Å². The fraction of sp³-hybridized carbons (Fsp3) is 0. The van der Waals surface area contributed by atoms with Crippen molar-refractivity contribution in [3.63, 3.8) is 0 Å². The molecule has 0 unspecified atom stereocenters. The van der Waals surface area contributed by atoms with E-state index in [1.807, 2.05) is 17.5 Å². The number of benzene rings is 1. The Morgan fingerprint density at radius 1 is 1.18 bits per heavy atom. The van der Waals surface area contributed by atoms with Crippen LogP contribution in [0.15, 0.2) is 46.6 Å². The van der Waals surface area contributed by atoms with Gasteiger partial charge in [-0.15, -0.1) is 16.4 Å². The van der Waals surface area contributed by atoms with Crippen molar-refractivity contribution in [1.82, 2.24) is 14.6 Å². The SMILES string of the molecule is O=c1/c(=C/c2ccccc2F)sc2nc(-c3cccs3)nn12. The van der Waals surface area contributed by atoms with Crippen molar-refractivity contribution in [2.75, 3.05) is 0 Å². The fourth-order valence-corrected chi connectivity index (χ4v) is 3.63. The zero-order valence-electron chi connectivity index (χ0n) is 11.1. The van der Waals surface area contributed by atoms with Crippen molar-refractivity contribution in [2.24, 2.45) is 0 Å². The molecule has 3 aromatic heterocycles. The van der Waals surface area contributed by atoms with E-state index in [0.29, 0.717) is 20.9 Å². The van der Waals surface area contributed by atoms with Crippen molar-refractivity contribution in [1.29, 1.82) is 0 Å². The van der Waals surface area contributed by atoms with Crippen LogP contribution in [0.4, 0.5) is 4.39 Å². The predicted octanol–water partition coefficient (Wildman–Crippen LogP) is 2.57. The molecule has 0 saturated carbocycles. The van der Waals surface area contributed by atoms with Gasteiger partial charge in [0, 0.05) is 5.56 Å². The average molecular weight is 329 g/mol. The number of hydrogen-bond donors (Lipinski definition) is 0. The van der Waals surface area contributed by atoms with Gasteiger partial charge in [0.2, 0.25) is 4.96 Å². The van der Waals surface area contributed by atoms with E-state index in [0.717, 1.165) is 4.88 Å². The van der Waals surface area contributed by atoms with Crippen LogP contribution in [0, 0.1) is 5.82 Å². The highest BCUT2D eigenvalue weighted by Gasteiger charge is 2.12. The number of hydrogen-bond acceptors (Lipinski definition) is 5. The highest BCUT2D eigenvalue weighted by atomic mass is 32.1. The molecule has 1 aromatic carbocycles. The molecule has 0 aliphatic carbocycles. The molecule has 0 amide bonds. The van der Waals surface area contributed by atoms with E-state index in [1.54, 1.807) is 18.2 Å². The van der Waals surface area contributed by atoms with Gasteiger partial charge in [0.25, 0.3) is 5.56 Å². The van der Waals surface area contributed by atoms with Crippen LogP contribution in [-0.4, -0.2) is 14.6 Å². The van der Waals surface area contributed by atoms with Crippen molar-refractivity contribution in [3.8, 4) is 10.7 Å². The van der Waals surface area contributed by atoms with E-state index in [1.165, 1.54) is 39.3 Å². The van der Waals surface area contributed by atoms with Crippen molar-refractivity contribution in [3.05, 3.63) is 68.0 Å². The van der Waals surface area contributed by atoms with Gasteiger partial charge in [-0.3, -0.25) is 4.79 Å². The maximum atomic E-state index is 13.7.